The molecule has 2 amide bonds. The third-order valence-electron chi connectivity index (χ3n) is 2.07. The van der Waals surface area contributed by atoms with Gasteiger partial charge in [0.05, 0.1) is 6.04 Å². The summed E-state index contributed by atoms with van der Waals surface area (Å²) < 4.78 is 0. The Balaban J connectivity index is 2.42. The first kappa shape index (κ1) is 11.5. The molecule has 0 fully saturated rings. The van der Waals surface area contributed by atoms with Gasteiger partial charge in [0.25, 0.3) is 0 Å². The van der Waals surface area contributed by atoms with Gasteiger partial charge in [0, 0.05) is 18.9 Å². The molecule has 1 rings (SSSR count). The highest BCUT2D eigenvalue weighted by molar-refractivity contribution is 5.74. The third kappa shape index (κ3) is 3.97. The molecular weight excluding hydrogens is 190 g/mol. The van der Waals surface area contributed by atoms with Gasteiger partial charge in [0.15, 0.2) is 0 Å². The number of carbonyl (C=O) groups is 1. The van der Waals surface area contributed by atoms with E-state index < -0.39 is 0 Å². The largest absolute Gasteiger partial charge is 0.338 e. The van der Waals surface area contributed by atoms with Crippen LogP contribution in [0.3, 0.4) is 0 Å². The molecule has 0 radical (unpaired) electrons. The minimum absolute atomic E-state index is 0.0180. The number of pyridine rings is 1. The van der Waals surface area contributed by atoms with E-state index in [2.05, 4.69) is 15.6 Å². The Morgan fingerprint density at radius 1 is 1.60 bits per heavy atom. The molecule has 0 aliphatic carbocycles. The monoisotopic (exact) mass is 207 g/mol. The van der Waals surface area contributed by atoms with Gasteiger partial charge in [-0.1, -0.05) is 13.0 Å². The number of nitrogens with zero attached hydrogens (tertiary/aromatic N) is 1. The van der Waals surface area contributed by atoms with Crippen LogP contribution in [-0.4, -0.2) is 17.6 Å². The Morgan fingerprint density at radius 3 is 3.00 bits per heavy atom. The molecule has 1 atom stereocenters. The fraction of sp³-hybridized carbons (Fsp3) is 0.455. The van der Waals surface area contributed by atoms with Crippen LogP contribution in [0, 0.1) is 0 Å². The molecule has 1 unspecified atom stereocenters. The van der Waals surface area contributed by atoms with Crippen LogP contribution in [0.25, 0.3) is 0 Å². The molecule has 15 heavy (non-hydrogen) atoms. The average Bonchev–Trinajstić information content (AvgIpc) is 2.27. The van der Waals surface area contributed by atoms with Crippen LogP contribution >= 0.6 is 0 Å². The molecule has 82 valence electrons. The molecule has 0 aromatic carbocycles. The van der Waals surface area contributed by atoms with Gasteiger partial charge in [-0.2, -0.15) is 0 Å². The Kier molecular flexibility index (Phi) is 4.60. The molecule has 0 aliphatic heterocycles. The van der Waals surface area contributed by atoms with Crippen molar-refractivity contribution in [3.63, 3.8) is 0 Å². The summed E-state index contributed by atoms with van der Waals surface area (Å²) in [5.74, 6) is 0. The van der Waals surface area contributed by atoms with Gasteiger partial charge in [0.1, 0.15) is 0 Å². The molecule has 0 spiro atoms. The van der Waals surface area contributed by atoms with Gasteiger partial charge < -0.3 is 10.6 Å². The Bertz CT molecular complexity index is 300. The number of nitrogens with one attached hydrogen (secondary N) is 2. The molecule has 1 aromatic heterocycles. The van der Waals surface area contributed by atoms with E-state index in [1.54, 1.807) is 12.4 Å². The lowest BCUT2D eigenvalue weighted by atomic mass is 10.1. The topological polar surface area (TPSA) is 54.0 Å². The lowest BCUT2D eigenvalue weighted by Gasteiger charge is -2.14. The predicted octanol–water partition coefficient (Wildman–Crippen LogP) is 1.85. The standard InChI is InChI=1S/C11H17N3O/c1-3-6-13-11(15)14-9(2)10-5-4-7-12-8-10/h4-5,7-9H,3,6H2,1-2H3,(H2,13,14,15). The average molecular weight is 207 g/mol. The van der Waals surface area contributed by atoms with Gasteiger partial charge in [0.2, 0.25) is 0 Å². The summed E-state index contributed by atoms with van der Waals surface area (Å²) in [5, 5.41) is 5.60. The first-order valence-corrected chi connectivity index (χ1v) is 5.18. The molecular formula is C11H17N3O. The highest BCUT2D eigenvalue weighted by atomic mass is 16.2. The zero-order valence-electron chi connectivity index (χ0n) is 9.16. The van der Waals surface area contributed by atoms with E-state index in [-0.39, 0.29) is 12.1 Å². The zero-order valence-corrected chi connectivity index (χ0v) is 9.16. The van der Waals surface area contributed by atoms with Gasteiger partial charge in [-0.25, -0.2) is 4.79 Å². The lowest BCUT2D eigenvalue weighted by molar-refractivity contribution is 0.238. The molecule has 4 heteroatoms. The van der Waals surface area contributed by atoms with Crippen LogP contribution in [0.15, 0.2) is 24.5 Å². The zero-order chi connectivity index (χ0) is 11.1. The van der Waals surface area contributed by atoms with Crippen molar-refractivity contribution in [3.05, 3.63) is 30.1 Å². The normalized spacial score (nSPS) is 11.9. The van der Waals surface area contributed by atoms with Crippen molar-refractivity contribution >= 4 is 6.03 Å². The smallest absolute Gasteiger partial charge is 0.315 e. The molecule has 0 saturated heterocycles. The second kappa shape index (κ2) is 6.01. The second-order valence-electron chi connectivity index (χ2n) is 3.41. The predicted molar refractivity (Wildman–Crippen MR) is 59.5 cm³/mol. The maximum Gasteiger partial charge on any atom is 0.315 e. The summed E-state index contributed by atoms with van der Waals surface area (Å²) in [6.07, 6.45) is 4.41. The van der Waals surface area contributed by atoms with E-state index in [9.17, 15) is 4.79 Å². The Morgan fingerprint density at radius 2 is 2.40 bits per heavy atom. The number of hydrogen-bond acceptors (Lipinski definition) is 2. The molecule has 0 saturated carbocycles. The summed E-state index contributed by atoms with van der Waals surface area (Å²) in [5.41, 5.74) is 1.00. The minimum atomic E-state index is -0.131. The minimum Gasteiger partial charge on any atom is -0.338 e. The first-order chi connectivity index (χ1) is 7.24. The number of carbonyl (C=O) groups excluding carboxylic acids is 1. The van der Waals surface area contributed by atoms with Crippen molar-refractivity contribution in [2.75, 3.05) is 6.54 Å². The van der Waals surface area contributed by atoms with Gasteiger partial charge in [-0.3, -0.25) is 4.98 Å². The van der Waals surface area contributed by atoms with E-state index in [0.717, 1.165) is 12.0 Å². The van der Waals surface area contributed by atoms with Crippen molar-refractivity contribution in [3.8, 4) is 0 Å². The van der Waals surface area contributed by atoms with Gasteiger partial charge in [-0.05, 0) is 25.0 Å². The number of urea groups is 1. The molecule has 0 aliphatic rings. The number of aromatic nitrogens is 1. The number of rotatable bonds is 4. The van der Waals surface area contributed by atoms with Gasteiger partial charge in [-0.15, -0.1) is 0 Å². The molecule has 1 heterocycles. The van der Waals surface area contributed by atoms with Crippen LogP contribution in [-0.2, 0) is 0 Å². The summed E-state index contributed by atoms with van der Waals surface area (Å²) in [4.78, 5) is 15.3. The van der Waals surface area contributed by atoms with E-state index in [1.165, 1.54) is 0 Å². The van der Waals surface area contributed by atoms with Crippen molar-refractivity contribution in [1.82, 2.24) is 15.6 Å². The van der Waals surface area contributed by atoms with Crippen molar-refractivity contribution in [2.24, 2.45) is 0 Å². The summed E-state index contributed by atoms with van der Waals surface area (Å²) in [6, 6.07) is 3.65. The first-order valence-electron chi connectivity index (χ1n) is 5.18. The van der Waals surface area contributed by atoms with E-state index in [4.69, 9.17) is 0 Å². The molecule has 1 aromatic rings. The quantitative estimate of drug-likeness (QED) is 0.791. The van der Waals surface area contributed by atoms with Crippen LogP contribution in [0.5, 0.6) is 0 Å². The Hall–Kier alpha value is -1.58. The number of hydrogen-bond donors (Lipinski definition) is 2. The highest BCUT2D eigenvalue weighted by Crippen LogP contribution is 2.08. The van der Waals surface area contributed by atoms with Crippen molar-refractivity contribution < 1.29 is 4.79 Å². The maximum atomic E-state index is 11.3. The van der Waals surface area contributed by atoms with Crippen LogP contribution in [0.2, 0.25) is 0 Å². The highest BCUT2D eigenvalue weighted by Gasteiger charge is 2.07. The molecule has 4 nitrogen and oxygen atoms in total. The Labute approximate surface area is 90.1 Å². The second-order valence-corrected chi connectivity index (χ2v) is 3.41. The summed E-state index contributed by atoms with van der Waals surface area (Å²) >= 11 is 0. The number of amides is 2. The van der Waals surface area contributed by atoms with E-state index >= 15 is 0 Å². The van der Waals surface area contributed by atoms with Crippen molar-refractivity contribution in [1.29, 1.82) is 0 Å². The SMILES string of the molecule is CCCNC(=O)NC(C)c1cccnc1. The van der Waals surface area contributed by atoms with Crippen molar-refractivity contribution in [2.45, 2.75) is 26.3 Å². The van der Waals surface area contributed by atoms with Crippen LogP contribution in [0.1, 0.15) is 31.9 Å². The summed E-state index contributed by atoms with van der Waals surface area (Å²) in [7, 11) is 0. The van der Waals surface area contributed by atoms with Crippen LogP contribution < -0.4 is 10.6 Å². The van der Waals surface area contributed by atoms with Crippen LogP contribution in [0.4, 0.5) is 4.79 Å². The summed E-state index contributed by atoms with van der Waals surface area (Å²) in [6.45, 7) is 4.65. The van der Waals surface area contributed by atoms with Gasteiger partial charge >= 0.3 is 6.03 Å². The fourth-order valence-electron chi connectivity index (χ4n) is 1.20. The fourth-order valence-corrected chi connectivity index (χ4v) is 1.20. The molecule has 2 N–H and O–H groups in total. The van der Waals surface area contributed by atoms with E-state index in [1.807, 2.05) is 26.0 Å². The lowest BCUT2D eigenvalue weighted by Crippen LogP contribution is -2.37. The third-order valence-corrected chi connectivity index (χ3v) is 2.07. The molecule has 0 bridgehead atoms. The maximum absolute atomic E-state index is 11.3. The van der Waals surface area contributed by atoms with E-state index in [0.29, 0.717) is 6.54 Å².